The quantitative estimate of drug-likeness (QED) is 0.568. The molecular formula is C28H36F3N5O3. The van der Waals surface area contributed by atoms with E-state index in [9.17, 15) is 32.8 Å². The molecule has 2 N–H and O–H groups in total. The molecule has 1 aromatic rings. The Morgan fingerprint density at radius 2 is 1.92 bits per heavy atom. The zero-order chi connectivity index (χ0) is 28.9. The molecule has 6 atom stereocenters. The number of amides is 3. The van der Waals surface area contributed by atoms with Gasteiger partial charge in [0.15, 0.2) is 0 Å². The molecule has 3 aliphatic rings. The summed E-state index contributed by atoms with van der Waals surface area (Å²) in [6, 6.07) is 2.92. The van der Waals surface area contributed by atoms with Crippen LogP contribution in [0, 0.1) is 39.9 Å². The van der Waals surface area contributed by atoms with E-state index in [-0.39, 0.29) is 29.7 Å². The third-order valence-electron chi connectivity index (χ3n) is 8.74. The Bertz CT molecular complexity index is 1190. The van der Waals surface area contributed by atoms with Gasteiger partial charge in [-0.1, -0.05) is 40.7 Å². The fourth-order valence-corrected chi connectivity index (χ4v) is 6.39. The summed E-state index contributed by atoms with van der Waals surface area (Å²) in [6.45, 7) is 8.86. The largest absolute Gasteiger partial charge is 0.471 e. The van der Waals surface area contributed by atoms with Crippen molar-refractivity contribution >= 4 is 17.7 Å². The molecule has 0 aromatic carbocycles. The number of nitriles is 1. The number of rotatable bonds is 6. The van der Waals surface area contributed by atoms with E-state index in [0.29, 0.717) is 12.8 Å². The minimum Gasteiger partial charge on any atom is -0.339 e. The summed E-state index contributed by atoms with van der Waals surface area (Å²) in [4.78, 5) is 44.7. The van der Waals surface area contributed by atoms with E-state index in [1.807, 2.05) is 31.3 Å². The van der Waals surface area contributed by atoms with Gasteiger partial charge in [0.05, 0.1) is 6.07 Å². The number of halogens is 3. The molecule has 3 unspecified atom stereocenters. The van der Waals surface area contributed by atoms with Gasteiger partial charge in [-0.15, -0.1) is 0 Å². The minimum absolute atomic E-state index is 0.00223. The number of carbonyl (C=O) groups excluding carboxylic acids is 3. The van der Waals surface area contributed by atoms with Crippen LogP contribution < -0.4 is 10.6 Å². The molecule has 1 aliphatic heterocycles. The Kier molecular flexibility index (Phi) is 7.47. The molecule has 11 heteroatoms. The SMILES string of the molecule is CC(C)(C)C(NC(=O)C(F)(F)F)C(=O)N1C[C@H]2[C@@H]([C@H]1C(=O)NC(C#N)CC1CCc3cccnc3C1)C2(C)C. The second-order valence-electron chi connectivity index (χ2n) is 12.8. The van der Waals surface area contributed by atoms with Crippen LogP contribution in [0.4, 0.5) is 13.2 Å². The second-order valence-corrected chi connectivity index (χ2v) is 12.8. The molecule has 1 saturated carbocycles. The number of hydrogen-bond acceptors (Lipinski definition) is 5. The predicted molar refractivity (Wildman–Crippen MR) is 136 cm³/mol. The third-order valence-corrected chi connectivity index (χ3v) is 8.74. The van der Waals surface area contributed by atoms with Crippen molar-refractivity contribution in [2.75, 3.05) is 6.54 Å². The first kappa shape index (κ1) is 28.8. The van der Waals surface area contributed by atoms with Crippen molar-refractivity contribution in [3.05, 3.63) is 29.6 Å². The Labute approximate surface area is 226 Å². The highest BCUT2D eigenvalue weighted by Gasteiger charge is 2.70. The molecule has 0 spiro atoms. The molecule has 2 fully saturated rings. The molecule has 1 saturated heterocycles. The van der Waals surface area contributed by atoms with Crippen LogP contribution in [-0.4, -0.2) is 58.5 Å². The van der Waals surface area contributed by atoms with Crippen molar-refractivity contribution in [2.24, 2.45) is 28.6 Å². The van der Waals surface area contributed by atoms with E-state index < -0.39 is 47.4 Å². The number of carbonyl (C=O) groups is 3. The number of fused-ring (bicyclic) bond motifs is 2. The fourth-order valence-electron chi connectivity index (χ4n) is 6.39. The number of hydrogen-bond donors (Lipinski definition) is 2. The van der Waals surface area contributed by atoms with Gasteiger partial charge in [0.25, 0.3) is 0 Å². The van der Waals surface area contributed by atoms with Crippen molar-refractivity contribution in [3.63, 3.8) is 0 Å². The van der Waals surface area contributed by atoms with Gasteiger partial charge in [0.2, 0.25) is 11.8 Å². The van der Waals surface area contributed by atoms with Crippen LogP contribution in [0.25, 0.3) is 0 Å². The zero-order valence-corrected chi connectivity index (χ0v) is 22.9. The molecule has 0 radical (unpaired) electrons. The summed E-state index contributed by atoms with van der Waals surface area (Å²) in [6.07, 6.45) is -0.548. The van der Waals surface area contributed by atoms with Crippen LogP contribution >= 0.6 is 0 Å². The topological polar surface area (TPSA) is 115 Å². The standard InChI is InChI=1S/C28H36F3N5O3/c1-26(2,3)22(35-25(39)28(29,30)31)24(38)36-14-18-20(27(18,4)5)21(36)23(37)34-17(13-32)11-15-8-9-16-7-6-10-33-19(16)12-15/h6-7,10,15,17-18,20-22H,8-9,11-12,14H2,1-5H3,(H,34,37)(H,35,39)/t15?,17?,18-,20-,21-,22?/m0/s1. The van der Waals surface area contributed by atoms with Gasteiger partial charge in [0.1, 0.15) is 18.1 Å². The highest BCUT2D eigenvalue weighted by molar-refractivity contribution is 5.95. The van der Waals surface area contributed by atoms with Gasteiger partial charge in [-0.25, -0.2) is 0 Å². The monoisotopic (exact) mass is 547 g/mol. The van der Waals surface area contributed by atoms with Gasteiger partial charge in [-0.05, 0) is 65.9 Å². The van der Waals surface area contributed by atoms with E-state index in [2.05, 4.69) is 16.4 Å². The van der Waals surface area contributed by atoms with E-state index in [1.54, 1.807) is 27.0 Å². The normalized spacial score (nSPS) is 26.9. The first-order valence-electron chi connectivity index (χ1n) is 13.4. The Morgan fingerprint density at radius 3 is 2.54 bits per heavy atom. The summed E-state index contributed by atoms with van der Waals surface area (Å²) < 4.78 is 39.1. The van der Waals surface area contributed by atoms with Crippen LogP contribution in [0.15, 0.2) is 18.3 Å². The van der Waals surface area contributed by atoms with Crippen molar-refractivity contribution in [1.82, 2.24) is 20.5 Å². The maximum absolute atomic E-state index is 13.6. The maximum atomic E-state index is 13.6. The van der Waals surface area contributed by atoms with Crippen LogP contribution in [-0.2, 0) is 27.2 Å². The number of pyridine rings is 1. The Morgan fingerprint density at radius 1 is 1.23 bits per heavy atom. The van der Waals surface area contributed by atoms with E-state index in [1.165, 1.54) is 10.5 Å². The lowest BCUT2D eigenvalue weighted by Gasteiger charge is -2.38. The predicted octanol–water partition coefficient (Wildman–Crippen LogP) is 3.16. The van der Waals surface area contributed by atoms with Gasteiger partial charge >= 0.3 is 12.1 Å². The van der Waals surface area contributed by atoms with Crippen molar-refractivity contribution in [1.29, 1.82) is 5.26 Å². The van der Waals surface area contributed by atoms with Crippen LogP contribution in [0.2, 0.25) is 0 Å². The van der Waals surface area contributed by atoms with E-state index >= 15 is 0 Å². The number of alkyl halides is 3. The average Bonchev–Trinajstić information content (AvgIpc) is 3.17. The number of piperidine rings is 1. The third kappa shape index (κ3) is 5.75. The summed E-state index contributed by atoms with van der Waals surface area (Å²) in [7, 11) is 0. The molecule has 4 rings (SSSR count). The van der Waals surface area contributed by atoms with Crippen molar-refractivity contribution in [2.45, 2.75) is 84.6 Å². The van der Waals surface area contributed by atoms with E-state index in [0.717, 1.165) is 18.5 Å². The van der Waals surface area contributed by atoms with Gasteiger partial charge in [-0.3, -0.25) is 19.4 Å². The molecule has 0 bridgehead atoms. The lowest BCUT2D eigenvalue weighted by atomic mass is 9.83. The zero-order valence-electron chi connectivity index (χ0n) is 22.9. The summed E-state index contributed by atoms with van der Waals surface area (Å²) in [5, 5.41) is 14.5. The molecule has 3 amide bonds. The summed E-state index contributed by atoms with van der Waals surface area (Å²) in [5.74, 6) is -3.45. The Balaban J connectivity index is 1.49. The molecular weight excluding hydrogens is 511 g/mol. The molecule has 2 heterocycles. The summed E-state index contributed by atoms with van der Waals surface area (Å²) in [5.41, 5.74) is 0.925. The highest BCUT2D eigenvalue weighted by atomic mass is 19.4. The first-order chi connectivity index (χ1) is 18.1. The minimum atomic E-state index is -5.15. The molecule has 1 aromatic heterocycles. The van der Waals surface area contributed by atoms with E-state index in [4.69, 9.17) is 0 Å². The molecule has 8 nitrogen and oxygen atoms in total. The highest BCUT2D eigenvalue weighted by Crippen LogP contribution is 2.65. The molecule has 2 aliphatic carbocycles. The maximum Gasteiger partial charge on any atom is 0.471 e. The first-order valence-corrected chi connectivity index (χ1v) is 13.4. The van der Waals surface area contributed by atoms with Gasteiger partial charge in [-0.2, -0.15) is 18.4 Å². The van der Waals surface area contributed by atoms with Crippen molar-refractivity contribution in [3.8, 4) is 6.07 Å². The Hall–Kier alpha value is -3.16. The number of aryl methyl sites for hydroxylation is 1. The summed E-state index contributed by atoms with van der Waals surface area (Å²) >= 11 is 0. The fraction of sp³-hybridized carbons (Fsp3) is 0.679. The van der Waals surface area contributed by atoms with Crippen LogP contribution in [0.1, 0.15) is 58.7 Å². The van der Waals surface area contributed by atoms with Crippen LogP contribution in [0.3, 0.4) is 0 Å². The lowest BCUT2D eigenvalue weighted by Crippen LogP contribution is -2.61. The second kappa shape index (κ2) is 10.1. The number of nitrogens with one attached hydrogen (secondary N) is 2. The van der Waals surface area contributed by atoms with Crippen LogP contribution in [0.5, 0.6) is 0 Å². The van der Waals surface area contributed by atoms with Gasteiger partial charge < -0.3 is 15.5 Å². The van der Waals surface area contributed by atoms with Gasteiger partial charge in [0, 0.05) is 18.4 Å². The molecule has 39 heavy (non-hydrogen) atoms. The van der Waals surface area contributed by atoms with Crippen molar-refractivity contribution < 1.29 is 27.6 Å². The number of nitrogens with zero attached hydrogens (tertiary/aromatic N) is 3. The molecule has 212 valence electrons. The number of likely N-dealkylation sites (tertiary alicyclic amines) is 1. The number of aromatic nitrogens is 1. The average molecular weight is 548 g/mol. The smallest absolute Gasteiger partial charge is 0.339 e. The lowest BCUT2D eigenvalue weighted by molar-refractivity contribution is -0.176.